The first kappa shape index (κ1) is 17.2. The van der Waals surface area contributed by atoms with Crippen molar-refractivity contribution in [2.45, 2.75) is 90.1 Å². The van der Waals surface area contributed by atoms with Gasteiger partial charge in [0.05, 0.1) is 0 Å². The molecule has 0 aromatic rings. The van der Waals surface area contributed by atoms with Crippen molar-refractivity contribution in [3.05, 3.63) is 0 Å². The van der Waals surface area contributed by atoms with E-state index >= 15 is 0 Å². The van der Waals surface area contributed by atoms with Crippen LogP contribution in [0.25, 0.3) is 0 Å². The van der Waals surface area contributed by atoms with Crippen molar-refractivity contribution < 1.29 is 14.6 Å². The van der Waals surface area contributed by atoms with Crippen molar-refractivity contribution in [3.8, 4) is 0 Å². The zero-order chi connectivity index (χ0) is 18.4. The molecule has 8 aliphatic carbocycles. The molecular weight excluding hydrogens is 336 g/mol. The van der Waals surface area contributed by atoms with Crippen LogP contribution in [-0.2, 0) is 4.74 Å². The lowest BCUT2D eigenvalue weighted by atomic mass is 9.37. The van der Waals surface area contributed by atoms with Crippen molar-refractivity contribution in [1.82, 2.24) is 0 Å². The highest BCUT2D eigenvalue weighted by Crippen LogP contribution is 2.72. The lowest BCUT2D eigenvalue weighted by molar-refractivity contribution is -0.200. The molecule has 0 radical (unpaired) electrons. The van der Waals surface area contributed by atoms with E-state index in [-0.39, 0.29) is 6.10 Å². The molecule has 8 saturated carbocycles. The minimum Gasteiger partial charge on any atom is -0.450 e. The average molecular weight is 373 g/mol. The number of hydrogen-bond donors (Lipinski definition) is 1. The van der Waals surface area contributed by atoms with Gasteiger partial charge in [0, 0.05) is 5.92 Å². The van der Waals surface area contributed by atoms with Gasteiger partial charge in [-0.05, 0) is 130 Å². The van der Waals surface area contributed by atoms with E-state index in [1.54, 1.807) is 0 Å². The van der Waals surface area contributed by atoms with E-state index in [0.29, 0.717) is 16.7 Å². The van der Waals surface area contributed by atoms with Crippen molar-refractivity contribution in [3.63, 3.8) is 0 Å². The predicted molar refractivity (Wildman–Crippen MR) is 103 cm³/mol. The smallest absolute Gasteiger partial charge is 0.450 e. The number of ether oxygens (including phenoxy) is 1. The molecule has 3 heteroatoms. The Labute approximate surface area is 163 Å². The molecule has 3 nitrogen and oxygen atoms in total. The molecule has 1 N–H and O–H groups in total. The SMILES string of the molecule is CC(OC(=O)O)C(C12CC3CC(CC(C3)C1)C2)C12CC3CC(CC(C3)C1)C2. The van der Waals surface area contributed by atoms with Gasteiger partial charge in [-0.15, -0.1) is 0 Å². The first-order valence-electron chi connectivity index (χ1n) is 11.8. The monoisotopic (exact) mass is 372 g/mol. The Balaban J connectivity index is 1.41. The van der Waals surface area contributed by atoms with Gasteiger partial charge in [0.1, 0.15) is 6.10 Å². The molecule has 8 aliphatic rings. The molecule has 8 fully saturated rings. The molecule has 150 valence electrons. The fraction of sp³-hybridized carbons (Fsp3) is 0.958. The molecule has 0 aromatic heterocycles. The summed E-state index contributed by atoms with van der Waals surface area (Å²) >= 11 is 0. The Morgan fingerprint density at radius 1 is 0.741 bits per heavy atom. The summed E-state index contributed by atoms with van der Waals surface area (Å²) in [6.45, 7) is 2.12. The molecule has 27 heavy (non-hydrogen) atoms. The lowest BCUT2D eigenvalue weighted by Gasteiger charge is -2.68. The van der Waals surface area contributed by atoms with Crippen LogP contribution in [-0.4, -0.2) is 17.4 Å². The quantitative estimate of drug-likeness (QED) is 0.605. The van der Waals surface area contributed by atoms with Crippen molar-refractivity contribution in [1.29, 1.82) is 0 Å². The summed E-state index contributed by atoms with van der Waals surface area (Å²) in [5, 5.41) is 9.47. The van der Waals surface area contributed by atoms with Crippen LogP contribution < -0.4 is 0 Å². The van der Waals surface area contributed by atoms with Gasteiger partial charge in [-0.1, -0.05) is 0 Å². The minimum absolute atomic E-state index is 0.130. The van der Waals surface area contributed by atoms with E-state index < -0.39 is 6.16 Å². The summed E-state index contributed by atoms with van der Waals surface area (Å²) in [5.74, 6) is 6.00. The van der Waals surface area contributed by atoms with Crippen LogP contribution >= 0.6 is 0 Å². The van der Waals surface area contributed by atoms with E-state index in [1.165, 1.54) is 77.0 Å². The van der Waals surface area contributed by atoms with Crippen LogP contribution in [0, 0.1) is 52.3 Å². The molecule has 1 unspecified atom stereocenters. The second kappa shape index (κ2) is 5.66. The summed E-state index contributed by atoms with van der Waals surface area (Å²) in [6.07, 6.45) is 15.8. The van der Waals surface area contributed by atoms with Crippen LogP contribution in [0.2, 0.25) is 0 Å². The Morgan fingerprint density at radius 3 is 1.30 bits per heavy atom. The van der Waals surface area contributed by atoms with Gasteiger partial charge in [0.15, 0.2) is 0 Å². The fourth-order valence-corrected chi connectivity index (χ4v) is 11.0. The molecule has 1 atom stereocenters. The maximum absolute atomic E-state index is 11.5. The zero-order valence-electron chi connectivity index (χ0n) is 16.9. The van der Waals surface area contributed by atoms with E-state index in [4.69, 9.17) is 4.74 Å². The molecule has 0 amide bonds. The van der Waals surface area contributed by atoms with Crippen LogP contribution in [0.5, 0.6) is 0 Å². The molecule has 8 rings (SSSR count). The largest absolute Gasteiger partial charge is 0.506 e. The third-order valence-electron chi connectivity index (χ3n) is 10.2. The second-order valence-corrected chi connectivity index (χ2v) is 12.1. The first-order chi connectivity index (χ1) is 12.9. The summed E-state index contributed by atoms with van der Waals surface area (Å²) in [6, 6.07) is 0. The van der Waals surface area contributed by atoms with Crippen LogP contribution in [0.4, 0.5) is 4.79 Å². The van der Waals surface area contributed by atoms with E-state index in [9.17, 15) is 9.90 Å². The third kappa shape index (κ3) is 2.55. The maximum Gasteiger partial charge on any atom is 0.506 e. The van der Waals surface area contributed by atoms with E-state index in [0.717, 1.165) is 35.5 Å². The third-order valence-corrected chi connectivity index (χ3v) is 10.2. The normalized spacial score (nSPS) is 54.1. The maximum atomic E-state index is 11.5. The number of hydrogen-bond acceptors (Lipinski definition) is 2. The first-order valence-corrected chi connectivity index (χ1v) is 11.8. The Hall–Kier alpha value is -0.730. The van der Waals surface area contributed by atoms with Gasteiger partial charge in [-0.25, -0.2) is 4.79 Å². The molecule has 0 aromatic carbocycles. The molecule has 0 saturated heterocycles. The van der Waals surface area contributed by atoms with Gasteiger partial charge in [0.25, 0.3) is 0 Å². The van der Waals surface area contributed by atoms with Gasteiger partial charge in [-0.3, -0.25) is 0 Å². The van der Waals surface area contributed by atoms with Crippen LogP contribution in [0.3, 0.4) is 0 Å². The van der Waals surface area contributed by atoms with Crippen molar-refractivity contribution >= 4 is 6.16 Å². The number of carboxylic acid groups (broad SMARTS) is 1. The second-order valence-electron chi connectivity index (χ2n) is 12.1. The molecule has 8 bridgehead atoms. The highest BCUT2D eigenvalue weighted by atomic mass is 16.7. The van der Waals surface area contributed by atoms with Crippen molar-refractivity contribution in [2.24, 2.45) is 52.3 Å². The minimum atomic E-state index is -1.05. The molecular formula is C24H36O3. The highest BCUT2D eigenvalue weighted by molar-refractivity contribution is 5.57. The predicted octanol–water partition coefficient (Wildman–Crippen LogP) is 6.12. The van der Waals surface area contributed by atoms with E-state index in [1.807, 2.05) is 0 Å². The highest BCUT2D eigenvalue weighted by Gasteiger charge is 2.64. The van der Waals surface area contributed by atoms with Crippen molar-refractivity contribution in [2.75, 3.05) is 0 Å². The average Bonchev–Trinajstić information content (AvgIpc) is 2.50. The number of carbonyl (C=O) groups is 1. The Bertz CT molecular complexity index is 523. The zero-order valence-corrected chi connectivity index (χ0v) is 16.9. The number of rotatable bonds is 4. The van der Waals surface area contributed by atoms with Crippen LogP contribution in [0.1, 0.15) is 84.0 Å². The molecule has 0 aliphatic heterocycles. The van der Waals surface area contributed by atoms with E-state index in [2.05, 4.69) is 6.92 Å². The van der Waals surface area contributed by atoms with Gasteiger partial charge in [-0.2, -0.15) is 0 Å². The summed E-state index contributed by atoms with van der Waals surface area (Å²) in [4.78, 5) is 11.5. The standard InChI is InChI=1S/C24H36O3/c1-14(27-22(25)26)21(23-8-15-2-16(9-23)4-17(3-15)10-23)24-11-18-5-19(12-24)7-20(6-18)13-24/h14-21H,2-13H2,1H3,(H,25,26). The van der Waals surface area contributed by atoms with Crippen LogP contribution in [0.15, 0.2) is 0 Å². The van der Waals surface area contributed by atoms with Gasteiger partial charge in [0.2, 0.25) is 0 Å². The Morgan fingerprint density at radius 2 is 1.04 bits per heavy atom. The Kier molecular flexibility index (Phi) is 3.60. The molecule has 0 heterocycles. The molecule has 0 spiro atoms. The topological polar surface area (TPSA) is 46.5 Å². The van der Waals surface area contributed by atoms with Gasteiger partial charge >= 0.3 is 6.16 Å². The van der Waals surface area contributed by atoms with Gasteiger partial charge < -0.3 is 9.84 Å². The summed E-state index contributed by atoms with van der Waals surface area (Å²) < 4.78 is 5.61. The summed E-state index contributed by atoms with van der Waals surface area (Å²) in [5.41, 5.74) is 0.768. The summed E-state index contributed by atoms with van der Waals surface area (Å²) in [7, 11) is 0. The lowest BCUT2D eigenvalue weighted by Crippen LogP contribution is -2.61. The fourth-order valence-electron chi connectivity index (χ4n) is 11.0.